The average Bonchev–Trinajstić information content (AvgIpc) is 3.42. The summed E-state index contributed by atoms with van der Waals surface area (Å²) in [5.74, 6) is 1.52. The van der Waals surface area contributed by atoms with Gasteiger partial charge in [0.05, 0.1) is 18.5 Å². The molecular weight excluding hydrogens is 522 g/mol. The Morgan fingerprint density at radius 1 is 0.900 bits per heavy atom. The molecule has 8 nitrogen and oxygen atoms in total. The second-order valence-electron chi connectivity index (χ2n) is 9.66. The zero-order valence-electron chi connectivity index (χ0n) is 22.7. The maximum absolute atomic E-state index is 13.1. The number of H-pyrrole nitrogens is 1. The summed E-state index contributed by atoms with van der Waals surface area (Å²) in [5, 5.41) is 0. The maximum atomic E-state index is 13.1. The van der Waals surface area contributed by atoms with E-state index in [1.807, 2.05) is 72.8 Å². The van der Waals surface area contributed by atoms with Crippen molar-refractivity contribution >= 4 is 16.3 Å². The number of aromatic amines is 1. The van der Waals surface area contributed by atoms with E-state index < -0.39 is 10.2 Å². The summed E-state index contributed by atoms with van der Waals surface area (Å²) in [6, 6.07) is 27.8. The van der Waals surface area contributed by atoms with E-state index in [9.17, 15) is 8.42 Å². The Hall–Kier alpha value is -3.76. The number of methoxy groups -OCH3 is 1. The van der Waals surface area contributed by atoms with Crippen molar-refractivity contribution in [2.24, 2.45) is 0 Å². The van der Waals surface area contributed by atoms with Crippen molar-refractivity contribution in [1.82, 2.24) is 23.9 Å². The zero-order valence-corrected chi connectivity index (χ0v) is 23.5. The van der Waals surface area contributed by atoms with E-state index >= 15 is 0 Å². The summed E-state index contributed by atoms with van der Waals surface area (Å²) in [6.45, 7) is 3.37. The molecular formula is C31H35N5O3S. The van der Waals surface area contributed by atoms with Gasteiger partial charge < -0.3 is 9.72 Å². The summed E-state index contributed by atoms with van der Waals surface area (Å²) in [4.78, 5) is 10.6. The van der Waals surface area contributed by atoms with Crippen LogP contribution in [0.3, 0.4) is 0 Å². The van der Waals surface area contributed by atoms with Crippen molar-refractivity contribution in [3.63, 3.8) is 0 Å². The van der Waals surface area contributed by atoms with Gasteiger partial charge in [-0.2, -0.15) is 12.7 Å². The molecule has 3 aromatic carbocycles. The molecule has 9 heteroatoms. The zero-order chi connectivity index (χ0) is 27.8. The maximum Gasteiger partial charge on any atom is 0.279 e. The molecule has 4 aromatic rings. The van der Waals surface area contributed by atoms with E-state index in [1.165, 1.54) is 4.31 Å². The Morgan fingerprint density at radius 3 is 2.25 bits per heavy atom. The van der Waals surface area contributed by atoms with Crippen molar-refractivity contribution in [3.8, 4) is 28.4 Å². The van der Waals surface area contributed by atoms with Gasteiger partial charge in [0.25, 0.3) is 10.2 Å². The summed E-state index contributed by atoms with van der Waals surface area (Å²) < 4.78 is 35.8. The summed E-state index contributed by atoms with van der Waals surface area (Å²) in [5.41, 5.74) is 4.78. The lowest BCUT2D eigenvalue weighted by atomic mass is 10.1. The van der Waals surface area contributed by atoms with Crippen LogP contribution in [0.2, 0.25) is 0 Å². The van der Waals surface area contributed by atoms with E-state index in [-0.39, 0.29) is 6.54 Å². The van der Waals surface area contributed by atoms with Gasteiger partial charge in [0, 0.05) is 56.8 Å². The molecule has 1 aliphatic heterocycles. The summed E-state index contributed by atoms with van der Waals surface area (Å²) >= 11 is 0. The SMILES string of the molecule is COc1ccc(-c2[nH]c(-c3ccccc3)nc2CCNS(=O)(=O)N2CCN(C/C=C/c3ccccc3)CC2)cc1. The number of nitrogens with zero attached hydrogens (tertiary/aromatic N) is 3. The average molecular weight is 558 g/mol. The van der Waals surface area contributed by atoms with Crippen molar-refractivity contribution in [2.45, 2.75) is 6.42 Å². The standard InChI is InChI=1S/C31H35N5O3S/c1-39-28-16-14-26(15-17-28)30-29(33-31(34-30)27-12-6-3-7-13-27)18-19-32-40(37,38)36-23-21-35(22-24-36)20-8-11-25-9-4-2-5-10-25/h2-17,32H,18-24H2,1H3,(H,33,34)/b11-8+. The first-order valence-electron chi connectivity index (χ1n) is 13.5. The Bertz CT molecular complexity index is 1500. The minimum atomic E-state index is -3.59. The minimum Gasteiger partial charge on any atom is -0.497 e. The van der Waals surface area contributed by atoms with Crippen LogP contribution in [0.4, 0.5) is 0 Å². The number of benzene rings is 3. The fourth-order valence-corrected chi connectivity index (χ4v) is 5.95. The van der Waals surface area contributed by atoms with Crippen LogP contribution in [-0.2, 0) is 16.6 Å². The highest BCUT2D eigenvalue weighted by molar-refractivity contribution is 7.87. The second-order valence-corrected chi connectivity index (χ2v) is 11.4. The third-order valence-corrected chi connectivity index (χ3v) is 8.61. The highest BCUT2D eigenvalue weighted by Crippen LogP contribution is 2.28. The predicted molar refractivity (Wildman–Crippen MR) is 160 cm³/mol. The Labute approximate surface area is 236 Å². The lowest BCUT2D eigenvalue weighted by Crippen LogP contribution is -2.52. The number of hydrogen-bond donors (Lipinski definition) is 2. The van der Waals surface area contributed by atoms with Gasteiger partial charge in [-0.05, 0) is 29.8 Å². The van der Waals surface area contributed by atoms with Crippen LogP contribution in [-0.4, -0.2) is 74.0 Å². The van der Waals surface area contributed by atoms with Crippen LogP contribution in [0.5, 0.6) is 5.75 Å². The number of imidazole rings is 1. The van der Waals surface area contributed by atoms with Crippen LogP contribution in [0.25, 0.3) is 28.7 Å². The van der Waals surface area contributed by atoms with Crippen molar-refractivity contribution in [2.75, 3.05) is 46.4 Å². The number of rotatable bonds is 11. The summed E-state index contributed by atoms with van der Waals surface area (Å²) in [7, 11) is -1.95. The number of hydrogen-bond acceptors (Lipinski definition) is 5. The lowest BCUT2D eigenvalue weighted by molar-refractivity contribution is 0.203. The van der Waals surface area contributed by atoms with E-state index in [1.54, 1.807) is 7.11 Å². The molecule has 1 aliphatic rings. The molecule has 0 bridgehead atoms. The quantitative estimate of drug-likeness (QED) is 0.284. The summed E-state index contributed by atoms with van der Waals surface area (Å²) in [6.07, 6.45) is 4.68. The van der Waals surface area contributed by atoms with Gasteiger partial charge in [-0.25, -0.2) is 9.71 Å². The Balaban J connectivity index is 1.19. The lowest BCUT2D eigenvalue weighted by Gasteiger charge is -2.33. The van der Waals surface area contributed by atoms with Gasteiger partial charge in [-0.1, -0.05) is 72.8 Å². The first kappa shape index (κ1) is 27.8. The molecule has 40 heavy (non-hydrogen) atoms. The molecule has 1 aromatic heterocycles. The molecule has 0 saturated carbocycles. The molecule has 1 fully saturated rings. The van der Waals surface area contributed by atoms with Gasteiger partial charge in [-0.15, -0.1) is 0 Å². The Morgan fingerprint density at radius 2 is 1.57 bits per heavy atom. The highest BCUT2D eigenvalue weighted by Gasteiger charge is 2.26. The third-order valence-electron chi connectivity index (χ3n) is 7.00. The molecule has 0 radical (unpaired) electrons. The first-order chi connectivity index (χ1) is 19.5. The molecule has 2 heterocycles. The molecule has 0 aliphatic carbocycles. The van der Waals surface area contributed by atoms with Gasteiger partial charge in [0.15, 0.2) is 0 Å². The van der Waals surface area contributed by atoms with Crippen molar-refractivity contribution < 1.29 is 13.2 Å². The third kappa shape index (κ3) is 7.05. The van der Waals surface area contributed by atoms with Gasteiger partial charge in [0.2, 0.25) is 0 Å². The fraction of sp³-hybridized carbons (Fsp3) is 0.258. The molecule has 208 valence electrons. The van der Waals surface area contributed by atoms with Crippen LogP contribution in [0.1, 0.15) is 11.3 Å². The molecule has 1 saturated heterocycles. The minimum absolute atomic E-state index is 0.255. The smallest absolute Gasteiger partial charge is 0.279 e. The number of ether oxygens (including phenoxy) is 1. The van der Waals surface area contributed by atoms with Gasteiger partial charge in [-0.3, -0.25) is 4.90 Å². The largest absolute Gasteiger partial charge is 0.497 e. The van der Waals surface area contributed by atoms with Crippen LogP contribution in [0, 0.1) is 0 Å². The fourth-order valence-electron chi connectivity index (χ4n) is 4.76. The van der Waals surface area contributed by atoms with Crippen molar-refractivity contribution in [3.05, 3.63) is 102 Å². The monoisotopic (exact) mass is 557 g/mol. The van der Waals surface area contributed by atoms with Gasteiger partial charge >= 0.3 is 0 Å². The van der Waals surface area contributed by atoms with E-state index in [2.05, 4.69) is 38.9 Å². The van der Waals surface area contributed by atoms with Crippen LogP contribution >= 0.6 is 0 Å². The first-order valence-corrected chi connectivity index (χ1v) is 14.9. The molecule has 0 atom stereocenters. The topological polar surface area (TPSA) is 90.6 Å². The van der Waals surface area contributed by atoms with Crippen molar-refractivity contribution in [1.29, 1.82) is 0 Å². The van der Waals surface area contributed by atoms with E-state index in [4.69, 9.17) is 9.72 Å². The number of nitrogens with one attached hydrogen (secondary N) is 2. The predicted octanol–water partition coefficient (Wildman–Crippen LogP) is 4.46. The molecule has 5 rings (SSSR count). The van der Waals surface area contributed by atoms with Crippen LogP contribution in [0.15, 0.2) is 91.0 Å². The number of aromatic nitrogens is 2. The Kier molecular flexibility index (Phi) is 9.08. The van der Waals surface area contributed by atoms with E-state index in [0.717, 1.165) is 46.2 Å². The highest BCUT2D eigenvalue weighted by atomic mass is 32.2. The normalized spacial score (nSPS) is 15.0. The van der Waals surface area contributed by atoms with Gasteiger partial charge in [0.1, 0.15) is 11.6 Å². The molecule has 0 amide bonds. The molecule has 0 unspecified atom stereocenters. The number of piperazine rings is 1. The van der Waals surface area contributed by atoms with Crippen LogP contribution < -0.4 is 9.46 Å². The molecule has 2 N–H and O–H groups in total. The van der Waals surface area contributed by atoms with E-state index in [0.29, 0.717) is 32.6 Å². The second kappa shape index (κ2) is 13.1. The molecule has 0 spiro atoms.